The number of hydrogen-bond acceptors (Lipinski definition) is 8. The maximum absolute atomic E-state index is 13.7. The third kappa shape index (κ3) is 5.37. The van der Waals surface area contributed by atoms with Gasteiger partial charge in [-0.15, -0.1) is 0 Å². The lowest BCUT2D eigenvalue weighted by Crippen LogP contribution is -2.31. The number of carbonyl (C=O) groups excluding carboxylic acids is 1. The third-order valence-corrected chi connectivity index (χ3v) is 6.61. The number of fused-ring (bicyclic) bond motifs is 1. The number of nitrogens with zero attached hydrogens (tertiary/aromatic N) is 4. The molecule has 1 unspecified atom stereocenters. The van der Waals surface area contributed by atoms with Crippen LogP contribution in [0, 0.1) is 0 Å². The van der Waals surface area contributed by atoms with Crippen LogP contribution in [-0.4, -0.2) is 39.8 Å². The van der Waals surface area contributed by atoms with Crippen molar-refractivity contribution in [3.63, 3.8) is 0 Å². The van der Waals surface area contributed by atoms with Crippen LogP contribution in [0.2, 0.25) is 5.02 Å². The number of hydrogen-bond donors (Lipinski definition) is 2. The fourth-order valence-electron chi connectivity index (χ4n) is 4.40. The second kappa shape index (κ2) is 11.4. The Morgan fingerprint density at radius 1 is 1.05 bits per heavy atom. The van der Waals surface area contributed by atoms with Gasteiger partial charge in [0.1, 0.15) is 18.4 Å². The van der Waals surface area contributed by atoms with Crippen LogP contribution in [0.1, 0.15) is 31.0 Å². The molecule has 39 heavy (non-hydrogen) atoms. The lowest BCUT2D eigenvalue weighted by molar-refractivity contribution is -0.113. The molecule has 200 valence electrons. The highest BCUT2D eigenvalue weighted by Crippen LogP contribution is 2.39. The Bertz CT molecular complexity index is 1540. The van der Waals surface area contributed by atoms with Gasteiger partial charge in [-0.25, -0.2) is 0 Å². The number of methoxy groups -OCH3 is 1. The molecule has 5 rings (SSSR count). The van der Waals surface area contributed by atoms with Crippen molar-refractivity contribution in [1.29, 1.82) is 0 Å². The highest BCUT2D eigenvalue weighted by atomic mass is 35.5. The molecule has 0 aliphatic carbocycles. The number of anilines is 2. The smallest absolute Gasteiger partial charge is 0.255 e. The van der Waals surface area contributed by atoms with E-state index in [0.717, 1.165) is 11.1 Å². The van der Waals surface area contributed by atoms with Gasteiger partial charge < -0.3 is 24.8 Å². The summed E-state index contributed by atoms with van der Waals surface area (Å²) in [4.78, 5) is 13.7. The number of halogens is 1. The molecule has 11 heteroatoms. The second-order valence-corrected chi connectivity index (χ2v) is 9.09. The number of ether oxygens (including phenoxy) is 3. The van der Waals surface area contributed by atoms with Gasteiger partial charge in [0, 0.05) is 16.3 Å². The van der Waals surface area contributed by atoms with Gasteiger partial charge in [0.25, 0.3) is 5.91 Å². The molecule has 10 nitrogen and oxygen atoms in total. The summed E-state index contributed by atoms with van der Waals surface area (Å²) in [7, 11) is 1.56. The van der Waals surface area contributed by atoms with Gasteiger partial charge in [-0.1, -0.05) is 53.1 Å². The van der Waals surface area contributed by atoms with Gasteiger partial charge in [-0.3, -0.25) is 4.79 Å². The van der Waals surface area contributed by atoms with Crippen molar-refractivity contribution in [2.24, 2.45) is 0 Å². The molecule has 1 amide bonds. The van der Waals surface area contributed by atoms with E-state index in [-0.39, 0.29) is 12.5 Å². The summed E-state index contributed by atoms with van der Waals surface area (Å²) in [5.74, 6) is 1.70. The van der Waals surface area contributed by atoms with Crippen LogP contribution in [-0.2, 0) is 11.4 Å². The molecule has 0 fully saturated rings. The molecule has 0 saturated carbocycles. The number of carbonyl (C=O) groups is 1. The number of aromatic nitrogens is 4. The number of nitrogens with one attached hydrogen (secondary N) is 2. The SMILES string of the molecule is CCOc1ccccc1NC(=O)C1=C(C)Nc2nnnn2C1c1ccc(OCc2ccccc2Cl)c(OC)c1. The topological polar surface area (TPSA) is 112 Å². The van der Waals surface area contributed by atoms with E-state index in [2.05, 4.69) is 26.2 Å². The molecule has 0 spiro atoms. The molecular weight excluding hydrogens is 520 g/mol. The van der Waals surface area contributed by atoms with Crippen LogP contribution < -0.4 is 24.8 Å². The van der Waals surface area contributed by atoms with E-state index < -0.39 is 6.04 Å². The van der Waals surface area contributed by atoms with E-state index in [1.165, 1.54) is 0 Å². The first kappa shape index (κ1) is 26.1. The Labute approximate surface area is 230 Å². The van der Waals surface area contributed by atoms with Crippen LogP contribution >= 0.6 is 11.6 Å². The molecule has 4 aromatic rings. The van der Waals surface area contributed by atoms with Gasteiger partial charge in [0.15, 0.2) is 11.5 Å². The van der Waals surface area contributed by atoms with Gasteiger partial charge in [0.05, 0.1) is 25.0 Å². The number of tetrazole rings is 1. The van der Waals surface area contributed by atoms with Crippen LogP contribution in [0.5, 0.6) is 17.2 Å². The quantitative estimate of drug-likeness (QED) is 0.293. The highest BCUT2D eigenvalue weighted by molar-refractivity contribution is 6.31. The monoisotopic (exact) mass is 546 g/mol. The minimum absolute atomic E-state index is 0.270. The minimum atomic E-state index is -0.637. The molecule has 2 N–H and O–H groups in total. The summed E-state index contributed by atoms with van der Waals surface area (Å²) in [6.45, 7) is 4.44. The van der Waals surface area contributed by atoms with Crippen LogP contribution in [0.3, 0.4) is 0 Å². The van der Waals surface area contributed by atoms with E-state index in [9.17, 15) is 4.79 Å². The Balaban J connectivity index is 1.48. The maximum atomic E-state index is 13.7. The van der Waals surface area contributed by atoms with Crippen molar-refractivity contribution in [3.8, 4) is 17.2 Å². The first-order valence-corrected chi connectivity index (χ1v) is 12.7. The number of para-hydroxylation sites is 2. The van der Waals surface area contributed by atoms with Crippen LogP contribution in [0.15, 0.2) is 78.0 Å². The lowest BCUT2D eigenvalue weighted by Gasteiger charge is -2.28. The average molecular weight is 547 g/mol. The zero-order valence-corrected chi connectivity index (χ0v) is 22.4. The lowest BCUT2D eigenvalue weighted by atomic mass is 9.94. The van der Waals surface area contributed by atoms with Crippen molar-refractivity contribution in [2.45, 2.75) is 26.5 Å². The van der Waals surface area contributed by atoms with Crippen molar-refractivity contribution >= 4 is 29.1 Å². The first-order valence-electron chi connectivity index (χ1n) is 12.3. The maximum Gasteiger partial charge on any atom is 0.255 e. The van der Waals surface area contributed by atoms with Gasteiger partial charge in [-0.2, -0.15) is 4.68 Å². The molecule has 3 aromatic carbocycles. The zero-order chi connectivity index (χ0) is 27.4. The molecule has 1 aromatic heterocycles. The fraction of sp³-hybridized carbons (Fsp3) is 0.214. The van der Waals surface area contributed by atoms with Crippen molar-refractivity contribution < 1.29 is 19.0 Å². The highest BCUT2D eigenvalue weighted by Gasteiger charge is 2.35. The molecule has 1 aliphatic heterocycles. The van der Waals surface area contributed by atoms with E-state index in [1.807, 2.05) is 68.4 Å². The molecule has 0 radical (unpaired) electrons. The zero-order valence-electron chi connectivity index (χ0n) is 21.6. The molecule has 0 bridgehead atoms. The van der Waals surface area contributed by atoms with E-state index >= 15 is 0 Å². The predicted octanol–water partition coefficient (Wildman–Crippen LogP) is 5.24. The summed E-state index contributed by atoms with van der Waals surface area (Å²) >= 11 is 6.28. The predicted molar refractivity (Wildman–Crippen MR) is 147 cm³/mol. The summed E-state index contributed by atoms with van der Waals surface area (Å²) in [6.07, 6.45) is 0. The Kier molecular flexibility index (Phi) is 7.64. The molecular formula is C28H27ClN6O4. The number of benzene rings is 3. The molecule has 2 heterocycles. The normalized spacial score (nSPS) is 14.3. The fourth-order valence-corrected chi connectivity index (χ4v) is 4.59. The average Bonchev–Trinajstić information content (AvgIpc) is 3.41. The summed E-state index contributed by atoms with van der Waals surface area (Å²) < 4.78 is 18.9. The van der Waals surface area contributed by atoms with Gasteiger partial charge >= 0.3 is 0 Å². The van der Waals surface area contributed by atoms with E-state index in [0.29, 0.717) is 51.8 Å². The van der Waals surface area contributed by atoms with Crippen LogP contribution in [0.4, 0.5) is 11.6 Å². The summed E-state index contributed by atoms with van der Waals surface area (Å²) in [5.41, 5.74) is 3.20. The molecule has 1 atom stereocenters. The molecule has 1 aliphatic rings. The van der Waals surface area contributed by atoms with Crippen LogP contribution in [0.25, 0.3) is 0 Å². The summed E-state index contributed by atoms with van der Waals surface area (Å²) in [6, 6.07) is 19.6. The molecule has 0 saturated heterocycles. The standard InChI is InChI=1S/C28H27ClN6O4/c1-4-38-22-12-8-7-11-21(22)31-27(36)25-17(2)30-28-32-33-34-35(28)26(25)18-13-14-23(24(15-18)37-3)39-16-19-9-5-6-10-20(19)29/h5-15,26H,4,16H2,1-3H3,(H,31,36)(H,30,32,34). The number of rotatable bonds is 9. The Morgan fingerprint density at radius 3 is 2.64 bits per heavy atom. The number of allylic oxidation sites excluding steroid dienone is 1. The third-order valence-electron chi connectivity index (χ3n) is 6.24. The Hall–Kier alpha value is -4.57. The minimum Gasteiger partial charge on any atom is -0.493 e. The van der Waals surface area contributed by atoms with Crippen molar-refractivity contribution in [1.82, 2.24) is 20.2 Å². The first-order chi connectivity index (χ1) is 19.0. The number of amides is 1. The van der Waals surface area contributed by atoms with Gasteiger partial charge in [0.2, 0.25) is 5.95 Å². The van der Waals surface area contributed by atoms with Gasteiger partial charge in [-0.05, 0) is 60.2 Å². The largest absolute Gasteiger partial charge is 0.493 e. The summed E-state index contributed by atoms with van der Waals surface area (Å²) in [5, 5.41) is 18.8. The Morgan fingerprint density at radius 2 is 1.85 bits per heavy atom. The van der Waals surface area contributed by atoms with Crippen molar-refractivity contribution in [2.75, 3.05) is 24.4 Å². The second-order valence-electron chi connectivity index (χ2n) is 8.69. The van der Waals surface area contributed by atoms with E-state index in [1.54, 1.807) is 23.9 Å². The van der Waals surface area contributed by atoms with E-state index in [4.69, 9.17) is 25.8 Å². The van der Waals surface area contributed by atoms with Crippen molar-refractivity contribution in [3.05, 3.63) is 94.1 Å².